The van der Waals surface area contributed by atoms with E-state index < -0.39 is 5.54 Å². The lowest BCUT2D eigenvalue weighted by Gasteiger charge is -2.32. The highest BCUT2D eigenvalue weighted by molar-refractivity contribution is 7.99. The van der Waals surface area contributed by atoms with Crippen LogP contribution >= 0.6 is 11.8 Å². The first kappa shape index (κ1) is 17.1. The third kappa shape index (κ3) is 4.53. The predicted molar refractivity (Wildman–Crippen MR) is 87.8 cm³/mol. The zero-order chi connectivity index (χ0) is 15.0. The van der Waals surface area contributed by atoms with E-state index in [2.05, 4.69) is 19.2 Å². The summed E-state index contributed by atoms with van der Waals surface area (Å²) in [5.41, 5.74) is 5.93. The number of hydrogen-bond acceptors (Lipinski definition) is 3. The number of thioether (sulfide) groups is 1. The quantitative estimate of drug-likeness (QED) is 0.689. The van der Waals surface area contributed by atoms with Crippen LogP contribution in [-0.2, 0) is 10.3 Å². The Hall–Kier alpha value is -1.00. The lowest BCUT2D eigenvalue weighted by atomic mass is 9.86. The molecule has 0 aliphatic carbocycles. The second-order valence-corrected chi connectivity index (χ2v) is 6.53. The topological polar surface area (TPSA) is 55.1 Å². The van der Waals surface area contributed by atoms with Gasteiger partial charge in [-0.25, -0.2) is 0 Å². The molecule has 1 amide bonds. The van der Waals surface area contributed by atoms with Crippen LogP contribution in [0.25, 0.3) is 0 Å². The molecule has 1 unspecified atom stereocenters. The van der Waals surface area contributed by atoms with E-state index in [-0.39, 0.29) is 5.91 Å². The predicted octanol–water partition coefficient (Wildman–Crippen LogP) is 2.76. The maximum Gasteiger partial charge on any atom is 0.242 e. The second kappa shape index (κ2) is 8.32. The van der Waals surface area contributed by atoms with E-state index in [1.54, 1.807) is 0 Å². The number of carbonyl (C=O) groups is 1. The van der Waals surface area contributed by atoms with Gasteiger partial charge in [-0.3, -0.25) is 10.1 Å². The van der Waals surface area contributed by atoms with Crippen LogP contribution in [0.2, 0.25) is 0 Å². The first-order valence-electron chi connectivity index (χ1n) is 7.21. The summed E-state index contributed by atoms with van der Waals surface area (Å²) in [6.45, 7) is 7.13. The summed E-state index contributed by atoms with van der Waals surface area (Å²) in [7, 11) is 0. The van der Waals surface area contributed by atoms with E-state index in [0.717, 1.165) is 23.5 Å². The van der Waals surface area contributed by atoms with Gasteiger partial charge in [-0.05, 0) is 36.0 Å². The van der Waals surface area contributed by atoms with Crippen molar-refractivity contribution in [2.45, 2.75) is 32.7 Å². The van der Waals surface area contributed by atoms with Crippen LogP contribution in [0.1, 0.15) is 32.8 Å². The standard InChI is InChI=1S/C16H26N2OS/c1-4-18-16(15(17)19,10-11-20-12-13(2)3)14-8-6-5-7-9-14/h5-9,13,18H,4,10-12H2,1-3H3,(H2,17,19). The van der Waals surface area contributed by atoms with Crippen molar-refractivity contribution in [3.63, 3.8) is 0 Å². The van der Waals surface area contributed by atoms with E-state index in [1.807, 2.05) is 49.0 Å². The Bertz CT molecular complexity index is 408. The second-order valence-electron chi connectivity index (χ2n) is 5.38. The SMILES string of the molecule is CCNC(CCSCC(C)C)(C(N)=O)c1ccccc1. The van der Waals surface area contributed by atoms with Crippen LogP contribution in [0, 0.1) is 5.92 Å². The lowest BCUT2D eigenvalue weighted by molar-refractivity contribution is -0.124. The molecule has 4 heteroatoms. The maximum atomic E-state index is 12.1. The summed E-state index contributed by atoms with van der Waals surface area (Å²) in [5.74, 6) is 2.40. The molecule has 112 valence electrons. The van der Waals surface area contributed by atoms with Crippen LogP contribution in [0.15, 0.2) is 30.3 Å². The first-order valence-corrected chi connectivity index (χ1v) is 8.36. The van der Waals surface area contributed by atoms with Crippen molar-refractivity contribution in [2.24, 2.45) is 11.7 Å². The molecular formula is C16H26N2OS. The molecule has 1 atom stereocenters. The number of likely N-dealkylation sites (N-methyl/N-ethyl adjacent to an activating group) is 1. The van der Waals surface area contributed by atoms with Crippen molar-refractivity contribution in [3.05, 3.63) is 35.9 Å². The van der Waals surface area contributed by atoms with Crippen LogP contribution in [0.5, 0.6) is 0 Å². The number of hydrogen-bond donors (Lipinski definition) is 2. The highest BCUT2D eigenvalue weighted by Crippen LogP contribution is 2.27. The molecule has 0 saturated carbocycles. The number of amides is 1. The summed E-state index contributed by atoms with van der Waals surface area (Å²) in [6, 6.07) is 9.80. The Balaban J connectivity index is 2.86. The summed E-state index contributed by atoms with van der Waals surface area (Å²) in [5, 5.41) is 3.31. The Morgan fingerprint density at radius 1 is 1.35 bits per heavy atom. The average Bonchev–Trinajstić information content (AvgIpc) is 2.42. The molecular weight excluding hydrogens is 268 g/mol. The van der Waals surface area contributed by atoms with Crippen LogP contribution in [0.3, 0.4) is 0 Å². The van der Waals surface area contributed by atoms with Gasteiger partial charge in [0.05, 0.1) is 0 Å². The molecule has 0 heterocycles. The molecule has 1 aromatic rings. The summed E-state index contributed by atoms with van der Waals surface area (Å²) >= 11 is 1.88. The third-order valence-corrected chi connectivity index (χ3v) is 4.63. The van der Waals surface area contributed by atoms with Crippen molar-refractivity contribution in [2.75, 3.05) is 18.1 Å². The van der Waals surface area contributed by atoms with Crippen LogP contribution in [-0.4, -0.2) is 24.0 Å². The largest absolute Gasteiger partial charge is 0.368 e. The van der Waals surface area contributed by atoms with Gasteiger partial charge in [0, 0.05) is 0 Å². The molecule has 0 aliphatic heterocycles. The normalized spacial score (nSPS) is 14.2. The van der Waals surface area contributed by atoms with Crippen molar-refractivity contribution in [1.82, 2.24) is 5.32 Å². The van der Waals surface area contributed by atoms with E-state index in [0.29, 0.717) is 12.5 Å². The minimum atomic E-state index is -0.750. The van der Waals surface area contributed by atoms with Gasteiger partial charge in [0.15, 0.2) is 0 Å². The Morgan fingerprint density at radius 2 is 2.00 bits per heavy atom. The fourth-order valence-corrected chi connectivity index (χ4v) is 3.34. The van der Waals surface area contributed by atoms with Gasteiger partial charge in [0.2, 0.25) is 5.91 Å². The Morgan fingerprint density at radius 3 is 2.50 bits per heavy atom. The number of nitrogens with one attached hydrogen (secondary N) is 1. The summed E-state index contributed by atoms with van der Waals surface area (Å²) in [4.78, 5) is 12.1. The molecule has 1 rings (SSSR count). The van der Waals surface area contributed by atoms with Gasteiger partial charge in [0.25, 0.3) is 0 Å². The molecule has 1 aromatic carbocycles. The van der Waals surface area contributed by atoms with E-state index >= 15 is 0 Å². The van der Waals surface area contributed by atoms with Crippen molar-refractivity contribution in [1.29, 1.82) is 0 Å². The average molecular weight is 294 g/mol. The van der Waals surface area contributed by atoms with Crippen molar-refractivity contribution in [3.8, 4) is 0 Å². The first-order chi connectivity index (χ1) is 9.53. The highest BCUT2D eigenvalue weighted by Gasteiger charge is 2.36. The van der Waals surface area contributed by atoms with E-state index in [1.165, 1.54) is 0 Å². The van der Waals surface area contributed by atoms with Crippen LogP contribution in [0.4, 0.5) is 0 Å². The fraction of sp³-hybridized carbons (Fsp3) is 0.562. The number of benzene rings is 1. The molecule has 0 saturated heterocycles. The highest BCUT2D eigenvalue weighted by atomic mass is 32.2. The Kier molecular flexibility index (Phi) is 7.10. The van der Waals surface area contributed by atoms with Gasteiger partial charge >= 0.3 is 0 Å². The molecule has 0 radical (unpaired) electrons. The minimum absolute atomic E-state index is 0.296. The number of primary amides is 1. The van der Waals surface area contributed by atoms with Gasteiger partial charge in [0.1, 0.15) is 5.54 Å². The zero-order valence-corrected chi connectivity index (χ0v) is 13.5. The minimum Gasteiger partial charge on any atom is -0.368 e. The van der Waals surface area contributed by atoms with Gasteiger partial charge < -0.3 is 5.73 Å². The molecule has 0 aromatic heterocycles. The molecule has 3 nitrogen and oxygen atoms in total. The maximum absolute atomic E-state index is 12.1. The molecule has 0 fully saturated rings. The molecule has 20 heavy (non-hydrogen) atoms. The van der Waals surface area contributed by atoms with Crippen molar-refractivity contribution >= 4 is 17.7 Å². The molecule has 0 bridgehead atoms. The number of carbonyl (C=O) groups excluding carboxylic acids is 1. The summed E-state index contributed by atoms with van der Waals surface area (Å²) < 4.78 is 0. The lowest BCUT2D eigenvalue weighted by Crippen LogP contribution is -2.53. The molecule has 0 spiro atoms. The van der Waals surface area contributed by atoms with E-state index in [9.17, 15) is 4.79 Å². The molecule has 3 N–H and O–H groups in total. The zero-order valence-electron chi connectivity index (χ0n) is 12.7. The van der Waals surface area contributed by atoms with Gasteiger partial charge in [-0.15, -0.1) is 0 Å². The smallest absolute Gasteiger partial charge is 0.242 e. The van der Waals surface area contributed by atoms with Crippen molar-refractivity contribution < 1.29 is 4.79 Å². The summed E-state index contributed by atoms with van der Waals surface area (Å²) in [6.07, 6.45) is 0.720. The van der Waals surface area contributed by atoms with Gasteiger partial charge in [-0.1, -0.05) is 51.1 Å². The monoisotopic (exact) mass is 294 g/mol. The molecule has 0 aliphatic rings. The van der Waals surface area contributed by atoms with Crippen LogP contribution < -0.4 is 11.1 Å². The number of rotatable bonds is 9. The number of nitrogens with two attached hydrogens (primary N) is 1. The van der Waals surface area contributed by atoms with E-state index in [4.69, 9.17) is 5.73 Å². The fourth-order valence-electron chi connectivity index (χ4n) is 2.26. The third-order valence-electron chi connectivity index (χ3n) is 3.24. The Labute approximate surface area is 126 Å². The van der Waals surface area contributed by atoms with Gasteiger partial charge in [-0.2, -0.15) is 11.8 Å².